The summed E-state index contributed by atoms with van der Waals surface area (Å²) in [7, 11) is 1.64. The molecule has 11 nitrogen and oxygen atoms in total. The number of aliphatic hydroxyl groups excluding tert-OH is 1. The summed E-state index contributed by atoms with van der Waals surface area (Å²) in [6, 6.07) is 5.40. The SMILES string of the molecule is COCC(NC1=C(c2nc3cnc(N4CC(C)OC(C)C4)cc3[nH]2)C(O)Nc2ccsc21)c1ncccn1. The first-order valence-corrected chi connectivity index (χ1v) is 13.4. The van der Waals surface area contributed by atoms with E-state index < -0.39 is 6.23 Å². The van der Waals surface area contributed by atoms with Gasteiger partial charge in [0.05, 0.1) is 52.4 Å². The predicted molar refractivity (Wildman–Crippen MR) is 147 cm³/mol. The maximum Gasteiger partial charge on any atom is 0.156 e. The number of anilines is 2. The van der Waals surface area contributed by atoms with Crippen molar-refractivity contribution in [1.82, 2.24) is 30.2 Å². The van der Waals surface area contributed by atoms with Crippen LogP contribution in [0.5, 0.6) is 0 Å². The molecule has 0 bridgehead atoms. The number of rotatable bonds is 7. The molecule has 198 valence electrons. The van der Waals surface area contributed by atoms with Gasteiger partial charge in [0.1, 0.15) is 23.2 Å². The summed E-state index contributed by atoms with van der Waals surface area (Å²) in [4.78, 5) is 25.0. The van der Waals surface area contributed by atoms with Crippen LogP contribution in [0.2, 0.25) is 0 Å². The van der Waals surface area contributed by atoms with E-state index in [2.05, 4.69) is 49.3 Å². The van der Waals surface area contributed by atoms with E-state index in [-0.39, 0.29) is 18.2 Å². The third-order valence-corrected chi connectivity index (χ3v) is 7.56. The molecular formula is C26H30N8O3S. The highest BCUT2D eigenvalue weighted by Crippen LogP contribution is 2.40. The summed E-state index contributed by atoms with van der Waals surface area (Å²) in [6.45, 7) is 6.04. The number of hydrogen-bond donors (Lipinski definition) is 4. The standard InChI is InChI=1S/C26H30N8O3S/c1-14-11-34(12-15(2)37-14)20-9-17-18(10-29-20)32-25(31-17)21-22(23-16(5-8-38-23)33-26(21)35)30-19(13-36-3)24-27-6-4-7-28-24/h4-10,14-15,19,26,30,33,35H,11-13H2,1-3H3,(H,31,32). The minimum absolute atomic E-state index is 0.129. The Balaban J connectivity index is 1.41. The van der Waals surface area contributed by atoms with Crippen LogP contribution in [0.25, 0.3) is 22.3 Å². The number of fused-ring (bicyclic) bond motifs is 2. The highest BCUT2D eigenvalue weighted by molar-refractivity contribution is 7.11. The summed E-state index contributed by atoms with van der Waals surface area (Å²) < 4.78 is 11.4. The molecule has 4 aromatic rings. The molecule has 4 N–H and O–H groups in total. The van der Waals surface area contributed by atoms with E-state index >= 15 is 0 Å². The van der Waals surface area contributed by atoms with Gasteiger partial charge in [0.15, 0.2) is 12.1 Å². The Morgan fingerprint density at radius 3 is 2.79 bits per heavy atom. The molecule has 2 aliphatic rings. The first-order valence-electron chi connectivity index (χ1n) is 12.6. The van der Waals surface area contributed by atoms with Crippen LogP contribution in [-0.2, 0) is 9.47 Å². The zero-order valence-corrected chi connectivity index (χ0v) is 22.2. The monoisotopic (exact) mass is 534 g/mol. The lowest BCUT2D eigenvalue weighted by Crippen LogP contribution is -2.45. The first-order chi connectivity index (χ1) is 18.5. The Bertz CT molecular complexity index is 1450. The van der Waals surface area contributed by atoms with Crippen molar-refractivity contribution in [3.05, 3.63) is 58.7 Å². The molecule has 0 aromatic carbocycles. The lowest BCUT2D eigenvalue weighted by atomic mass is 10.0. The molecule has 0 saturated carbocycles. The molecule has 6 heterocycles. The minimum Gasteiger partial charge on any atom is -0.382 e. The van der Waals surface area contributed by atoms with E-state index in [9.17, 15) is 5.11 Å². The minimum atomic E-state index is -0.992. The van der Waals surface area contributed by atoms with Crippen LogP contribution in [0.1, 0.15) is 36.4 Å². The number of methoxy groups -OCH3 is 1. The van der Waals surface area contributed by atoms with Gasteiger partial charge < -0.3 is 35.1 Å². The zero-order chi connectivity index (χ0) is 26.2. The van der Waals surface area contributed by atoms with Gasteiger partial charge in [-0.2, -0.15) is 0 Å². The third-order valence-electron chi connectivity index (χ3n) is 6.63. The highest BCUT2D eigenvalue weighted by atomic mass is 32.1. The number of aliphatic hydroxyl groups is 1. The van der Waals surface area contributed by atoms with Crippen LogP contribution in [0, 0.1) is 0 Å². The van der Waals surface area contributed by atoms with E-state index in [0.717, 1.165) is 40.7 Å². The summed E-state index contributed by atoms with van der Waals surface area (Å²) >= 11 is 1.57. The molecule has 0 spiro atoms. The first kappa shape index (κ1) is 24.7. The molecule has 1 saturated heterocycles. The van der Waals surface area contributed by atoms with Gasteiger partial charge in [0.25, 0.3) is 0 Å². The fourth-order valence-corrected chi connectivity index (χ4v) is 5.95. The fraction of sp³-hybridized carbons (Fsp3) is 0.385. The van der Waals surface area contributed by atoms with E-state index in [1.165, 1.54) is 0 Å². The summed E-state index contributed by atoms with van der Waals surface area (Å²) in [5.41, 5.74) is 3.75. The number of thiophene rings is 1. The number of ether oxygens (including phenoxy) is 2. The maximum atomic E-state index is 11.2. The number of pyridine rings is 1. The number of aromatic amines is 1. The molecule has 0 radical (unpaired) electrons. The molecule has 6 rings (SSSR count). The highest BCUT2D eigenvalue weighted by Gasteiger charge is 2.32. The molecule has 1 fully saturated rings. The number of H-pyrrole nitrogens is 1. The summed E-state index contributed by atoms with van der Waals surface area (Å²) in [5, 5.41) is 20.0. The van der Waals surface area contributed by atoms with Gasteiger partial charge >= 0.3 is 0 Å². The van der Waals surface area contributed by atoms with Crippen molar-refractivity contribution in [3.63, 3.8) is 0 Å². The van der Waals surface area contributed by atoms with Crippen molar-refractivity contribution in [2.24, 2.45) is 0 Å². The topological polar surface area (TPSA) is 133 Å². The largest absolute Gasteiger partial charge is 0.382 e. The number of nitrogens with zero attached hydrogens (tertiary/aromatic N) is 5. The van der Waals surface area contributed by atoms with Crippen molar-refractivity contribution < 1.29 is 14.6 Å². The van der Waals surface area contributed by atoms with Crippen LogP contribution in [0.3, 0.4) is 0 Å². The second-order valence-corrected chi connectivity index (χ2v) is 10.5. The van der Waals surface area contributed by atoms with Gasteiger partial charge in [-0.3, -0.25) is 0 Å². The van der Waals surface area contributed by atoms with Crippen molar-refractivity contribution in [3.8, 4) is 0 Å². The molecule has 4 unspecified atom stereocenters. The van der Waals surface area contributed by atoms with E-state index in [4.69, 9.17) is 14.5 Å². The van der Waals surface area contributed by atoms with Gasteiger partial charge in [-0.25, -0.2) is 19.9 Å². The Kier molecular flexibility index (Phi) is 6.70. The third kappa shape index (κ3) is 4.71. The molecule has 12 heteroatoms. The lowest BCUT2D eigenvalue weighted by molar-refractivity contribution is -0.00545. The van der Waals surface area contributed by atoms with Crippen LogP contribution < -0.4 is 15.5 Å². The Morgan fingerprint density at radius 2 is 2.03 bits per heavy atom. The van der Waals surface area contributed by atoms with E-state index in [1.54, 1.807) is 43.1 Å². The van der Waals surface area contributed by atoms with Crippen molar-refractivity contribution in [1.29, 1.82) is 0 Å². The van der Waals surface area contributed by atoms with Gasteiger partial charge in [0, 0.05) is 38.7 Å². The van der Waals surface area contributed by atoms with Crippen molar-refractivity contribution >= 4 is 45.1 Å². The number of morpholine rings is 1. The molecule has 2 aliphatic heterocycles. The van der Waals surface area contributed by atoms with Crippen LogP contribution in [0.4, 0.5) is 11.5 Å². The number of imidazole rings is 1. The van der Waals surface area contributed by atoms with Crippen molar-refractivity contribution in [2.75, 3.05) is 37.0 Å². The van der Waals surface area contributed by atoms with E-state index in [1.807, 2.05) is 17.5 Å². The smallest absolute Gasteiger partial charge is 0.156 e. The van der Waals surface area contributed by atoms with Gasteiger partial charge in [-0.15, -0.1) is 11.3 Å². The van der Waals surface area contributed by atoms with Gasteiger partial charge in [0.2, 0.25) is 0 Å². The number of hydrogen-bond acceptors (Lipinski definition) is 11. The molecule has 4 atom stereocenters. The second kappa shape index (κ2) is 10.3. The summed E-state index contributed by atoms with van der Waals surface area (Å²) in [6.07, 6.45) is 4.45. The maximum absolute atomic E-state index is 11.2. The lowest BCUT2D eigenvalue weighted by Gasteiger charge is -2.36. The average Bonchev–Trinajstić information content (AvgIpc) is 3.54. The second-order valence-electron chi connectivity index (χ2n) is 9.57. The zero-order valence-electron chi connectivity index (χ0n) is 21.4. The van der Waals surface area contributed by atoms with Gasteiger partial charge in [-0.05, 0) is 31.4 Å². The fourth-order valence-electron chi connectivity index (χ4n) is 5.07. The predicted octanol–water partition coefficient (Wildman–Crippen LogP) is 3.01. The van der Waals surface area contributed by atoms with Crippen LogP contribution in [0.15, 0.2) is 42.2 Å². The van der Waals surface area contributed by atoms with E-state index in [0.29, 0.717) is 29.3 Å². The normalized spacial score (nSPS) is 22.3. The molecule has 0 amide bonds. The Morgan fingerprint density at radius 1 is 1.24 bits per heavy atom. The van der Waals surface area contributed by atoms with Crippen molar-refractivity contribution in [2.45, 2.75) is 38.3 Å². The quantitative estimate of drug-likeness (QED) is 0.280. The molecular weight excluding hydrogens is 504 g/mol. The summed E-state index contributed by atoms with van der Waals surface area (Å²) in [5.74, 6) is 2.01. The Labute approximate surface area is 224 Å². The van der Waals surface area contributed by atoms with Crippen LogP contribution in [-0.4, -0.2) is 75.3 Å². The Hall–Kier alpha value is -3.58. The molecule has 0 aliphatic carbocycles. The number of nitrogens with one attached hydrogen (secondary N) is 3. The molecule has 4 aromatic heterocycles. The molecule has 38 heavy (non-hydrogen) atoms. The van der Waals surface area contributed by atoms with Crippen LogP contribution >= 0.6 is 11.3 Å². The van der Waals surface area contributed by atoms with Gasteiger partial charge in [-0.1, -0.05) is 0 Å². The average molecular weight is 535 g/mol. The number of aromatic nitrogens is 5.